The van der Waals surface area contributed by atoms with E-state index in [2.05, 4.69) is 10.3 Å². The minimum absolute atomic E-state index is 0.0543. The number of benzene rings is 1. The van der Waals surface area contributed by atoms with Crippen molar-refractivity contribution in [2.24, 2.45) is 5.73 Å². The van der Waals surface area contributed by atoms with Crippen LogP contribution in [0.2, 0.25) is 0 Å². The SMILES string of the molecule is NC(=O)c1cccc(C[CH]C(=O)NCc2ccc(N)nc2)c1F. The van der Waals surface area contributed by atoms with Crippen molar-refractivity contribution >= 4 is 17.6 Å². The highest BCUT2D eigenvalue weighted by atomic mass is 19.1. The van der Waals surface area contributed by atoms with Gasteiger partial charge < -0.3 is 16.8 Å². The van der Waals surface area contributed by atoms with E-state index in [0.29, 0.717) is 5.82 Å². The van der Waals surface area contributed by atoms with Crippen molar-refractivity contribution in [3.05, 3.63) is 65.5 Å². The van der Waals surface area contributed by atoms with Crippen molar-refractivity contribution in [2.45, 2.75) is 13.0 Å². The number of carbonyl (C=O) groups excluding carboxylic acids is 2. The van der Waals surface area contributed by atoms with Crippen LogP contribution in [0.4, 0.5) is 10.2 Å². The van der Waals surface area contributed by atoms with Crippen molar-refractivity contribution in [2.75, 3.05) is 5.73 Å². The van der Waals surface area contributed by atoms with Crippen molar-refractivity contribution in [3.8, 4) is 0 Å². The summed E-state index contributed by atoms with van der Waals surface area (Å²) < 4.78 is 14.0. The molecule has 1 radical (unpaired) electrons. The van der Waals surface area contributed by atoms with Crippen LogP contribution in [-0.2, 0) is 17.8 Å². The fourth-order valence-corrected chi connectivity index (χ4v) is 1.93. The number of rotatable bonds is 6. The Morgan fingerprint density at radius 2 is 2.04 bits per heavy atom. The summed E-state index contributed by atoms with van der Waals surface area (Å²) in [4.78, 5) is 26.7. The van der Waals surface area contributed by atoms with E-state index in [4.69, 9.17) is 11.5 Å². The number of anilines is 1. The molecule has 7 heteroatoms. The Hall–Kier alpha value is -2.96. The zero-order valence-corrected chi connectivity index (χ0v) is 12.3. The molecule has 119 valence electrons. The van der Waals surface area contributed by atoms with Gasteiger partial charge in [0, 0.05) is 12.7 Å². The number of primary amides is 1. The largest absolute Gasteiger partial charge is 0.384 e. The third-order valence-corrected chi connectivity index (χ3v) is 3.17. The lowest BCUT2D eigenvalue weighted by atomic mass is 10.0. The van der Waals surface area contributed by atoms with E-state index in [0.717, 1.165) is 5.56 Å². The number of amides is 2. The second kappa shape index (κ2) is 7.35. The summed E-state index contributed by atoms with van der Waals surface area (Å²) >= 11 is 0. The summed E-state index contributed by atoms with van der Waals surface area (Å²) in [5, 5.41) is 2.66. The quantitative estimate of drug-likeness (QED) is 0.737. The van der Waals surface area contributed by atoms with Crippen LogP contribution in [-0.4, -0.2) is 16.8 Å². The Balaban J connectivity index is 1.88. The molecule has 0 aliphatic rings. The summed E-state index contributed by atoms with van der Waals surface area (Å²) in [5.74, 6) is -1.50. The number of nitrogens with one attached hydrogen (secondary N) is 1. The molecule has 0 aliphatic heterocycles. The topological polar surface area (TPSA) is 111 Å². The summed E-state index contributed by atoms with van der Waals surface area (Å²) in [7, 11) is 0. The number of nitrogens with zero attached hydrogens (tertiary/aromatic N) is 1. The van der Waals surface area contributed by atoms with Crippen LogP contribution >= 0.6 is 0 Å². The molecule has 1 heterocycles. The van der Waals surface area contributed by atoms with Gasteiger partial charge in [0.05, 0.1) is 12.0 Å². The van der Waals surface area contributed by atoms with Gasteiger partial charge in [0.15, 0.2) is 0 Å². The maximum absolute atomic E-state index is 14.0. The lowest BCUT2D eigenvalue weighted by molar-refractivity contribution is -0.118. The van der Waals surface area contributed by atoms with Crippen LogP contribution in [0, 0.1) is 12.2 Å². The lowest BCUT2D eigenvalue weighted by Gasteiger charge is -2.07. The predicted octanol–water partition coefficient (Wildman–Crippen LogP) is 0.965. The number of carbonyl (C=O) groups is 2. The Morgan fingerprint density at radius 3 is 2.70 bits per heavy atom. The van der Waals surface area contributed by atoms with Crippen LogP contribution in [0.3, 0.4) is 0 Å². The molecule has 2 aromatic rings. The zero-order valence-electron chi connectivity index (χ0n) is 12.3. The van der Waals surface area contributed by atoms with E-state index in [1.165, 1.54) is 24.6 Å². The second-order valence-electron chi connectivity index (χ2n) is 4.86. The van der Waals surface area contributed by atoms with Crippen LogP contribution in [0.1, 0.15) is 21.5 Å². The Labute approximate surface area is 132 Å². The molecule has 0 atom stereocenters. The van der Waals surface area contributed by atoms with Gasteiger partial charge in [0.2, 0.25) is 5.91 Å². The molecule has 0 bridgehead atoms. The van der Waals surface area contributed by atoms with E-state index >= 15 is 0 Å². The number of nitrogen functional groups attached to an aromatic ring is 1. The molecule has 5 N–H and O–H groups in total. The van der Waals surface area contributed by atoms with E-state index < -0.39 is 11.7 Å². The fourth-order valence-electron chi connectivity index (χ4n) is 1.93. The van der Waals surface area contributed by atoms with E-state index in [-0.39, 0.29) is 30.0 Å². The molecule has 0 aliphatic carbocycles. The number of pyridine rings is 1. The molecule has 0 fully saturated rings. The Kier molecular flexibility index (Phi) is 5.24. The third-order valence-electron chi connectivity index (χ3n) is 3.17. The molecule has 1 aromatic carbocycles. The zero-order chi connectivity index (χ0) is 16.8. The first-order chi connectivity index (χ1) is 11.0. The van der Waals surface area contributed by atoms with Crippen molar-refractivity contribution in [1.29, 1.82) is 0 Å². The standard InChI is InChI=1S/C16H16FN4O2/c17-15-11(2-1-3-12(15)16(19)23)5-7-14(22)21-9-10-4-6-13(18)20-8-10/h1-4,6-8H,5,9H2,(H2,18,20)(H2,19,23)(H,21,22). The van der Waals surface area contributed by atoms with E-state index in [1.807, 2.05) is 0 Å². The number of halogens is 1. The highest BCUT2D eigenvalue weighted by Gasteiger charge is 2.13. The predicted molar refractivity (Wildman–Crippen MR) is 83.4 cm³/mol. The molecule has 0 unspecified atom stereocenters. The van der Waals surface area contributed by atoms with Gasteiger partial charge >= 0.3 is 0 Å². The summed E-state index contributed by atoms with van der Waals surface area (Å²) in [6, 6.07) is 7.70. The van der Waals surface area contributed by atoms with Crippen LogP contribution in [0.15, 0.2) is 36.5 Å². The van der Waals surface area contributed by atoms with E-state index in [9.17, 15) is 14.0 Å². The number of hydrogen-bond donors (Lipinski definition) is 3. The number of nitrogens with two attached hydrogens (primary N) is 2. The highest BCUT2D eigenvalue weighted by molar-refractivity contribution is 5.93. The molecular weight excluding hydrogens is 299 g/mol. The van der Waals surface area contributed by atoms with Gasteiger partial charge in [0.25, 0.3) is 5.91 Å². The highest BCUT2D eigenvalue weighted by Crippen LogP contribution is 2.14. The molecule has 1 aromatic heterocycles. The van der Waals surface area contributed by atoms with Crippen molar-refractivity contribution in [3.63, 3.8) is 0 Å². The first kappa shape index (κ1) is 16.4. The van der Waals surface area contributed by atoms with E-state index in [1.54, 1.807) is 18.3 Å². The van der Waals surface area contributed by atoms with Gasteiger partial charge in [0.1, 0.15) is 11.6 Å². The molecule has 0 spiro atoms. The summed E-state index contributed by atoms with van der Waals surface area (Å²) in [6.07, 6.45) is 2.91. The van der Waals surface area contributed by atoms with Crippen molar-refractivity contribution in [1.82, 2.24) is 10.3 Å². The maximum Gasteiger partial charge on any atom is 0.251 e. The van der Waals surface area contributed by atoms with Crippen LogP contribution < -0.4 is 16.8 Å². The molecule has 2 rings (SSSR count). The second-order valence-corrected chi connectivity index (χ2v) is 4.86. The van der Waals surface area contributed by atoms with Crippen molar-refractivity contribution < 1.29 is 14.0 Å². The molecule has 0 saturated heterocycles. The minimum atomic E-state index is -0.843. The average Bonchev–Trinajstić information content (AvgIpc) is 2.53. The summed E-state index contributed by atoms with van der Waals surface area (Å²) in [6.45, 7) is 0.284. The molecule has 2 amide bonds. The molecule has 0 saturated carbocycles. The first-order valence-corrected chi connectivity index (χ1v) is 6.86. The average molecular weight is 315 g/mol. The minimum Gasteiger partial charge on any atom is -0.384 e. The monoisotopic (exact) mass is 315 g/mol. The van der Waals surface area contributed by atoms with Gasteiger partial charge in [-0.3, -0.25) is 9.59 Å². The van der Waals surface area contributed by atoms with Gasteiger partial charge in [-0.25, -0.2) is 9.37 Å². The van der Waals surface area contributed by atoms with Gasteiger partial charge in [-0.2, -0.15) is 0 Å². The first-order valence-electron chi connectivity index (χ1n) is 6.86. The Bertz CT molecular complexity index is 717. The van der Waals surface area contributed by atoms with Crippen LogP contribution in [0.5, 0.6) is 0 Å². The molecular formula is C16H16FN4O2. The molecule has 6 nitrogen and oxygen atoms in total. The van der Waals surface area contributed by atoms with Gasteiger partial charge in [-0.15, -0.1) is 0 Å². The fraction of sp³-hybridized carbons (Fsp3) is 0.125. The lowest BCUT2D eigenvalue weighted by Crippen LogP contribution is -2.24. The Morgan fingerprint density at radius 1 is 1.26 bits per heavy atom. The van der Waals surface area contributed by atoms with Gasteiger partial charge in [-0.1, -0.05) is 18.2 Å². The normalized spacial score (nSPS) is 10.3. The summed E-state index contributed by atoms with van der Waals surface area (Å²) in [5.41, 5.74) is 11.4. The van der Waals surface area contributed by atoms with Crippen LogP contribution in [0.25, 0.3) is 0 Å². The molecule has 23 heavy (non-hydrogen) atoms. The van der Waals surface area contributed by atoms with Gasteiger partial charge in [-0.05, 0) is 29.7 Å². The number of aromatic nitrogens is 1. The maximum atomic E-state index is 14.0. The smallest absolute Gasteiger partial charge is 0.251 e. The third kappa shape index (κ3) is 4.50. The number of hydrogen-bond acceptors (Lipinski definition) is 4.